The lowest BCUT2D eigenvalue weighted by atomic mass is 10.1. The maximum absolute atomic E-state index is 13.5. The quantitative estimate of drug-likeness (QED) is 0.542. The summed E-state index contributed by atoms with van der Waals surface area (Å²) in [6, 6.07) is 17.0. The van der Waals surface area contributed by atoms with E-state index in [4.69, 9.17) is 0 Å². The Balaban J connectivity index is 2.37. The SMILES string of the molecule is CC(C)CNC(=O)[C@@H](C)N(Cc1ccccc1)C(=O)CN(c1ccccc1)S(=O)(=O)N(C)C. The molecule has 2 rings (SSSR count). The Kier molecular flexibility index (Phi) is 9.43. The summed E-state index contributed by atoms with van der Waals surface area (Å²) < 4.78 is 28.2. The number of anilines is 1. The Bertz CT molecular complexity index is 1010. The highest BCUT2D eigenvalue weighted by Gasteiger charge is 2.32. The number of amides is 2. The molecule has 0 bridgehead atoms. The first-order valence-corrected chi connectivity index (χ1v) is 12.3. The van der Waals surface area contributed by atoms with E-state index >= 15 is 0 Å². The van der Waals surface area contributed by atoms with Crippen molar-refractivity contribution in [2.75, 3.05) is 31.5 Å². The summed E-state index contributed by atoms with van der Waals surface area (Å²) in [5.41, 5.74) is 1.22. The second kappa shape index (κ2) is 11.8. The van der Waals surface area contributed by atoms with Crippen molar-refractivity contribution in [1.82, 2.24) is 14.5 Å². The van der Waals surface area contributed by atoms with Crippen LogP contribution in [0.15, 0.2) is 60.7 Å². The molecule has 1 N–H and O–H groups in total. The molecular weight excluding hydrogens is 440 g/mol. The lowest BCUT2D eigenvalue weighted by Gasteiger charge is -2.33. The monoisotopic (exact) mass is 474 g/mol. The first kappa shape index (κ1) is 26.3. The molecular formula is C24H34N4O4S. The zero-order chi connectivity index (χ0) is 24.6. The second-order valence-electron chi connectivity index (χ2n) is 8.45. The van der Waals surface area contributed by atoms with Crippen molar-refractivity contribution >= 4 is 27.7 Å². The average molecular weight is 475 g/mol. The molecule has 0 aromatic heterocycles. The fourth-order valence-corrected chi connectivity index (χ4v) is 4.18. The highest BCUT2D eigenvalue weighted by atomic mass is 32.2. The average Bonchev–Trinajstić information content (AvgIpc) is 2.79. The molecule has 0 saturated heterocycles. The third-order valence-electron chi connectivity index (χ3n) is 5.11. The van der Waals surface area contributed by atoms with Gasteiger partial charge in [0.25, 0.3) is 0 Å². The Morgan fingerprint density at radius 1 is 0.909 bits per heavy atom. The summed E-state index contributed by atoms with van der Waals surface area (Å²) in [5.74, 6) is -0.492. The van der Waals surface area contributed by atoms with Gasteiger partial charge < -0.3 is 10.2 Å². The minimum Gasteiger partial charge on any atom is -0.354 e. The first-order valence-electron chi connectivity index (χ1n) is 10.9. The van der Waals surface area contributed by atoms with Gasteiger partial charge in [0.1, 0.15) is 12.6 Å². The fraction of sp³-hybridized carbons (Fsp3) is 0.417. The number of carbonyl (C=O) groups is 2. The van der Waals surface area contributed by atoms with Crippen LogP contribution < -0.4 is 9.62 Å². The third-order valence-corrected chi connectivity index (χ3v) is 6.93. The molecule has 0 radical (unpaired) electrons. The molecule has 0 heterocycles. The Morgan fingerprint density at radius 3 is 1.97 bits per heavy atom. The Hall–Kier alpha value is -2.91. The maximum Gasteiger partial charge on any atom is 0.304 e. The van der Waals surface area contributed by atoms with Crippen LogP contribution in [0.2, 0.25) is 0 Å². The lowest BCUT2D eigenvalue weighted by Crippen LogP contribution is -2.52. The minimum atomic E-state index is -3.94. The molecule has 8 nitrogen and oxygen atoms in total. The van der Waals surface area contributed by atoms with Crippen molar-refractivity contribution in [1.29, 1.82) is 0 Å². The molecule has 0 aliphatic heterocycles. The number of nitrogens with zero attached hydrogens (tertiary/aromatic N) is 3. The number of hydrogen-bond donors (Lipinski definition) is 1. The smallest absolute Gasteiger partial charge is 0.304 e. The molecule has 2 aromatic carbocycles. The summed E-state index contributed by atoms with van der Waals surface area (Å²) in [7, 11) is -1.11. The predicted molar refractivity (Wildman–Crippen MR) is 131 cm³/mol. The third kappa shape index (κ3) is 7.30. The van der Waals surface area contributed by atoms with E-state index in [1.165, 1.54) is 19.0 Å². The van der Waals surface area contributed by atoms with Crippen LogP contribution in [0.25, 0.3) is 0 Å². The lowest BCUT2D eigenvalue weighted by molar-refractivity contribution is -0.139. The summed E-state index contributed by atoms with van der Waals surface area (Å²) >= 11 is 0. The highest BCUT2D eigenvalue weighted by molar-refractivity contribution is 7.90. The van der Waals surface area contributed by atoms with Crippen LogP contribution in [0.1, 0.15) is 26.3 Å². The molecule has 9 heteroatoms. The molecule has 0 saturated carbocycles. The molecule has 2 amide bonds. The molecule has 0 unspecified atom stereocenters. The number of nitrogens with one attached hydrogen (secondary N) is 1. The van der Waals surface area contributed by atoms with Crippen LogP contribution in [0.5, 0.6) is 0 Å². The number of hydrogen-bond acceptors (Lipinski definition) is 4. The maximum atomic E-state index is 13.5. The predicted octanol–water partition coefficient (Wildman–Crippen LogP) is 2.49. The molecule has 33 heavy (non-hydrogen) atoms. The van der Waals surface area contributed by atoms with Crippen molar-refractivity contribution in [3.05, 3.63) is 66.2 Å². The van der Waals surface area contributed by atoms with Crippen LogP contribution >= 0.6 is 0 Å². The van der Waals surface area contributed by atoms with E-state index < -0.39 is 28.7 Å². The van der Waals surface area contributed by atoms with Gasteiger partial charge in [-0.3, -0.25) is 9.59 Å². The number of para-hydroxylation sites is 1. The van der Waals surface area contributed by atoms with E-state index in [1.807, 2.05) is 44.2 Å². The van der Waals surface area contributed by atoms with E-state index in [9.17, 15) is 18.0 Å². The number of benzene rings is 2. The van der Waals surface area contributed by atoms with Gasteiger partial charge in [-0.25, -0.2) is 4.31 Å². The van der Waals surface area contributed by atoms with Crippen molar-refractivity contribution < 1.29 is 18.0 Å². The van der Waals surface area contributed by atoms with Gasteiger partial charge in [0.15, 0.2) is 0 Å². The molecule has 2 aromatic rings. The standard InChI is InChI=1S/C24H34N4O4S/c1-19(2)16-25-24(30)20(3)27(17-21-12-8-6-9-13-21)23(29)18-28(33(31,32)26(4)5)22-14-10-7-11-15-22/h6-15,19-20H,16-18H2,1-5H3,(H,25,30)/t20-/m1/s1. The Morgan fingerprint density at radius 2 is 1.45 bits per heavy atom. The van der Waals surface area contributed by atoms with Gasteiger partial charge in [-0.1, -0.05) is 62.4 Å². The fourth-order valence-electron chi connectivity index (χ4n) is 3.13. The van der Waals surface area contributed by atoms with Crippen molar-refractivity contribution in [2.45, 2.75) is 33.4 Å². The zero-order valence-corrected chi connectivity index (χ0v) is 20.7. The van der Waals surface area contributed by atoms with Gasteiger partial charge in [-0.15, -0.1) is 0 Å². The van der Waals surface area contributed by atoms with E-state index in [2.05, 4.69) is 5.32 Å². The van der Waals surface area contributed by atoms with Gasteiger partial charge in [0.05, 0.1) is 5.69 Å². The van der Waals surface area contributed by atoms with E-state index in [-0.39, 0.29) is 18.4 Å². The van der Waals surface area contributed by atoms with Crippen LogP contribution in [-0.4, -0.2) is 62.7 Å². The number of rotatable bonds is 11. The Labute approximate surface area is 197 Å². The molecule has 0 aliphatic rings. The van der Waals surface area contributed by atoms with E-state index in [1.54, 1.807) is 37.3 Å². The summed E-state index contributed by atoms with van der Waals surface area (Å²) in [6.07, 6.45) is 0. The summed E-state index contributed by atoms with van der Waals surface area (Å²) in [5, 5.41) is 2.86. The normalized spacial score (nSPS) is 12.5. The molecule has 0 spiro atoms. The van der Waals surface area contributed by atoms with Gasteiger partial charge in [0, 0.05) is 27.2 Å². The molecule has 1 atom stereocenters. The molecule has 180 valence electrons. The van der Waals surface area contributed by atoms with Crippen molar-refractivity contribution in [3.63, 3.8) is 0 Å². The van der Waals surface area contributed by atoms with Crippen LogP contribution in [-0.2, 0) is 26.3 Å². The molecule has 0 aliphatic carbocycles. The summed E-state index contributed by atoms with van der Waals surface area (Å²) in [6.45, 7) is 5.87. The van der Waals surface area contributed by atoms with Gasteiger partial charge in [-0.2, -0.15) is 12.7 Å². The van der Waals surface area contributed by atoms with Gasteiger partial charge in [0.2, 0.25) is 11.8 Å². The van der Waals surface area contributed by atoms with E-state index in [0.29, 0.717) is 12.2 Å². The van der Waals surface area contributed by atoms with E-state index in [0.717, 1.165) is 14.2 Å². The second-order valence-corrected chi connectivity index (χ2v) is 10.5. The van der Waals surface area contributed by atoms with Crippen LogP contribution in [0, 0.1) is 5.92 Å². The largest absolute Gasteiger partial charge is 0.354 e. The van der Waals surface area contributed by atoms with Gasteiger partial charge in [-0.05, 0) is 30.5 Å². The van der Waals surface area contributed by atoms with Crippen molar-refractivity contribution in [2.24, 2.45) is 5.92 Å². The zero-order valence-electron chi connectivity index (χ0n) is 19.9. The van der Waals surface area contributed by atoms with Crippen LogP contribution in [0.4, 0.5) is 5.69 Å². The van der Waals surface area contributed by atoms with Crippen molar-refractivity contribution in [3.8, 4) is 0 Å². The van der Waals surface area contributed by atoms with Gasteiger partial charge >= 0.3 is 10.2 Å². The number of carbonyl (C=O) groups excluding carboxylic acids is 2. The topological polar surface area (TPSA) is 90.0 Å². The highest BCUT2D eigenvalue weighted by Crippen LogP contribution is 2.20. The minimum absolute atomic E-state index is 0.181. The first-order chi connectivity index (χ1) is 15.5. The molecule has 0 fully saturated rings. The van der Waals surface area contributed by atoms with Crippen LogP contribution in [0.3, 0.4) is 0 Å². The summed E-state index contributed by atoms with van der Waals surface area (Å²) in [4.78, 5) is 27.7.